The third-order valence-electron chi connectivity index (χ3n) is 2.95. The fourth-order valence-electron chi connectivity index (χ4n) is 1.80. The van der Waals surface area contributed by atoms with Crippen LogP contribution in [0.25, 0.3) is 0 Å². The van der Waals surface area contributed by atoms with Gasteiger partial charge in [-0.15, -0.1) is 0 Å². The van der Waals surface area contributed by atoms with E-state index < -0.39 is 10.1 Å². The van der Waals surface area contributed by atoms with E-state index >= 15 is 0 Å². The van der Waals surface area contributed by atoms with Crippen molar-refractivity contribution in [3.8, 4) is 5.75 Å². The molecule has 0 radical (unpaired) electrons. The monoisotopic (exact) mass is 319 g/mol. The summed E-state index contributed by atoms with van der Waals surface area (Å²) in [5.74, 6) is 0.114. The first-order valence-corrected chi connectivity index (χ1v) is 8.27. The molecule has 0 bridgehead atoms. The second-order valence-electron chi connectivity index (χ2n) is 4.58. The molecule has 0 unspecified atom stereocenters. The van der Waals surface area contributed by atoms with Crippen molar-refractivity contribution in [1.29, 1.82) is 0 Å². The van der Waals surface area contributed by atoms with Crippen molar-refractivity contribution in [1.82, 2.24) is 5.32 Å². The van der Waals surface area contributed by atoms with E-state index in [-0.39, 0.29) is 23.0 Å². The lowest BCUT2D eigenvalue weighted by molar-refractivity contribution is 0.0992. The molecule has 0 atom stereocenters. The van der Waals surface area contributed by atoms with Crippen LogP contribution in [0.5, 0.6) is 5.75 Å². The Balaban J connectivity index is 2.10. The highest BCUT2D eigenvalue weighted by molar-refractivity contribution is 7.87. The molecule has 0 aliphatic rings. The maximum atomic E-state index is 12.1. The molecular weight excluding hydrogens is 302 g/mol. The smallest absolute Gasteiger partial charge is 0.339 e. The minimum Gasteiger partial charge on any atom is -0.379 e. The third kappa shape index (κ3) is 4.16. The molecule has 0 spiro atoms. The summed E-state index contributed by atoms with van der Waals surface area (Å²) in [4.78, 5) is 11.9. The van der Waals surface area contributed by atoms with Crippen LogP contribution in [0.15, 0.2) is 59.5 Å². The third-order valence-corrected chi connectivity index (χ3v) is 4.21. The molecule has 2 aromatic carbocycles. The molecule has 5 nitrogen and oxygen atoms in total. The number of ketones is 1. The van der Waals surface area contributed by atoms with Gasteiger partial charge in [0.1, 0.15) is 10.6 Å². The minimum atomic E-state index is -3.86. The molecule has 0 aliphatic carbocycles. The van der Waals surface area contributed by atoms with E-state index in [1.807, 2.05) is 6.92 Å². The van der Waals surface area contributed by atoms with Crippen LogP contribution in [-0.2, 0) is 10.1 Å². The second kappa shape index (κ2) is 7.20. The summed E-state index contributed by atoms with van der Waals surface area (Å²) in [5, 5.41) is 2.94. The summed E-state index contributed by atoms with van der Waals surface area (Å²) in [6.07, 6.45) is 0. The fourth-order valence-corrected chi connectivity index (χ4v) is 2.75. The largest absolute Gasteiger partial charge is 0.379 e. The molecule has 2 rings (SSSR count). The molecule has 6 heteroatoms. The van der Waals surface area contributed by atoms with Gasteiger partial charge in [0.05, 0.1) is 6.54 Å². The molecule has 1 N–H and O–H groups in total. The minimum absolute atomic E-state index is 0.0562. The van der Waals surface area contributed by atoms with Gasteiger partial charge in [-0.05, 0) is 42.9 Å². The van der Waals surface area contributed by atoms with Crippen LogP contribution in [0.4, 0.5) is 0 Å². The highest BCUT2D eigenvalue weighted by Gasteiger charge is 2.16. The van der Waals surface area contributed by atoms with Crippen LogP contribution in [0.3, 0.4) is 0 Å². The lowest BCUT2D eigenvalue weighted by Gasteiger charge is -2.07. The Labute approximate surface area is 130 Å². The van der Waals surface area contributed by atoms with Crippen molar-refractivity contribution in [2.24, 2.45) is 0 Å². The summed E-state index contributed by atoms with van der Waals surface area (Å²) in [6.45, 7) is 2.87. The number of benzene rings is 2. The summed E-state index contributed by atoms with van der Waals surface area (Å²) >= 11 is 0. The molecule has 0 saturated carbocycles. The van der Waals surface area contributed by atoms with E-state index in [0.717, 1.165) is 0 Å². The molecule has 0 saturated heterocycles. The summed E-state index contributed by atoms with van der Waals surface area (Å²) < 4.78 is 29.2. The first-order chi connectivity index (χ1) is 10.5. The van der Waals surface area contributed by atoms with Gasteiger partial charge in [-0.2, -0.15) is 8.42 Å². The SMILES string of the molecule is CCNCC(=O)c1ccc(OS(=O)(=O)c2ccccc2)cc1. The van der Waals surface area contributed by atoms with E-state index in [4.69, 9.17) is 4.18 Å². The summed E-state index contributed by atoms with van der Waals surface area (Å²) in [5.41, 5.74) is 0.505. The first kappa shape index (κ1) is 16.2. The fraction of sp³-hybridized carbons (Fsp3) is 0.188. The number of carbonyl (C=O) groups excluding carboxylic acids is 1. The predicted octanol–water partition coefficient (Wildman–Crippen LogP) is 2.25. The lowest BCUT2D eigenvalue weighted by Crippen LogP contribution is -2.22. The van der Waals surface area contributed by atoms with E-state index in [1.54, 1.807) is 30.3 Å². The van der Waals surface area contributed by atoms with Gasteiger partial charge in [-0.1, -0.05) is 25.1 Å². The average molecular weight is 319 g/mol. The number of carbonyl (C=O) groups is 1. The zero-order valence-electron chi connectivity index (χ0n) is 12.2. The molecule has 0 heterocycles. The van der Waals surface area contributed by atoms with Gasteiger partial charge in [-0.25, -0.2) is 0 Å². The number of Topliss-reactive ketones (excluding diaryl/α,β-unsaturated/α-hetero) is 1. The van der Waals surface area contributed by atoms with Gasteiger partial charge in [0.25, 0.3) is 0 Å². The second-order valence-corrected chi connectivity index (χ2v) is 6.12. The van der Waals surface area contributed by atoms with Crippen molar-refractivity contribution < 1.29 is 17.4 Å². The molecule has 22 heavy (non-hydrogen) atoms. The highest BCUT2D eigenvalue weighted by Crippen LogP contribution is 2.19. The summed E-state index contributed by atoms with van der Waals surface area (Å²) in [7, 11) is -3.86. The van der Waals surface area contributed by atoms with Gasteiger partial charge in [-0.3, -0.25) is 4.79 Å². The van der Waals surface area contributed by atoms with Crippen molar-refractivity contribution >= 4 is 15.9 Å². The number of rotatable bonds is 7. The Morgan fingerprint density at radius 3 is 2.27 bits per heavy atom. The Morgan fingerprint density at radius 2 is 1.68 bits per heavy atom. The van der Waals surface area contributed by atoms with Crippen LogP contribution in [0.2, 0.25) is 0 Å². The maximum absolute atomic E-state index is 12.1. The molecular formula is C16H17NO4S. The van der Waals surface area contributed by atoms with Crippen LogP contribution < -0.4 is 9.50 Å². The Morgan fingerprint density at radius 1 is 1.05 bits per heavy atom. The van der Waals surface area contributed by atoms with Gasteiger partial charge in [0.2, 0.25) is 0 Å². The number of nitrogens with one attached hydrogen (secondary N) is 1. The normalized spacial score (nSPS) is 11.1. The zero-order valence-corrected chi connectivity index (χ0v) is 13.0. The van der Waals surface area contributed by atoms with E-state index in [0.29, 0.717) is 12.1 Å². The predicted molar refractivity (Wildman–Crippen MR) is 83.6 cm³/mol. The molecule has 2 aromatic rings. The number of likely N-dealkylation sites (N-methyl/N-ethyl adjacent to an activating group) is 1. The molecule has 0 fully saturated rings. The average Bonchev–Trinajstić information content (AvgIpc) is 2.54. The van der Waals surface area contributed by atoms with E-state index in [9.17, 15) is 13.2 Å². The molecule has 0 aromatic heterocycles. The topological polar surface area (TPSA) is 72.5 Å². The maximum Gasteiger partial charge on any atom is 0.339 e. The molecule has 116 valence electrons. The van der Waals surface area contributed by atoms with Crippen LogP contribution in [0, 0.1) is 0 Å². The van der Waals surface area contributed by atoms with Gasteiger partial charge in [0.15, 0.2) is 5.78 Å². The standard InChI is InChI=1S/C16H17NO4S/c1-2-17-12-16(18)13-8-10-14(11-9-13)21-22(19,20)15-6-4-3-5-7-15/h3-11,17H,2,12H2,1H3. The zero-order chi connectivity index (χ0) is 16.0. The van der Waals surface area contributed by atoms with Crippen LogP contribution in [0.1, 0.15) is 17.3 Å². The van der Waals surface area contributed by atoms with E-state index in [1.165, 1.54) is 24.3 Å². The summed E-state index contributed by atoms with van der Waals surface area (Å²) in [6, 6.07) is 13.9. The number of hydrogen-bond acceptors (Lipinski definition) is 5. The lowest BCUT2D eigenvalue weighted by atomic mass is 10.1. The van der Waals surface area contributed by atoms with Crippen LogP contribution >= 0.6 is 0 Å². The van der Waals surface area contributed by atoms with Crippen LogP contribution in [-0.4, -0.2) is 27.3 Å². The van der Waals surface area contributed by atoms with Gasteiger partial charge < -0.3 is 9.50 Å². The van der Waals surface area contributed by atoms with Crippen molar-refractivity contribution in [3.63, 3.8) is 0 Å². The van der Waals surface area contributed by atoms with Crippen molar-refractivity contribution in [3.05, 3.63) is 60.2 Å². The Kier molecular flexibility index (Phi) is 5.30. The molecule has 0 amide bonds. The molecule has 0 aliphatic heterocycles. The van der Waals surface area contributed by atoms with Crippen molar-refractivity contribution in [2.45, 2.75) is 11.8 Å². The quantitative estimate of drug-likeness (QED) is 0.626. The van der Waals surface area contributed by atoms with E-state index in [2.05, 4.69) is 5.32 Å². The van der Waals surface area contributed by atoms with Gasteiger partial charge in [0, 0.05) is 5.56 Å². The Bertz CT molecular complexity index is 725. The van der Waals surface area contributed by atoms with Gasteiger partial charge >= 0.3 is 10.1 Å². The first-order valence-electron chi connectivity index (χ1n) is 6.86. The highest BCUT2D eigenvalue weighted by atomic mass is 32.2. The van der Waals surface area contributed by atoms with Crippen molar-refractivity contribution in [2.75, 3.05) is 13.1 Å². The Hall–Kier alpha value is -2.18. The number of hydrogen-bond donors (Lipinski definition) is 1.